The minimum atomic E-state index is -4.39. The number of halogens is 3. The zero-order valence-corrected chi connectivity index (χ0v) is 16.7. The second-order valence-corrected chi connectivity index (χ2v) is 7.93. The molecule has 8 heteroatoms. The number of benzene rings is 2. The van der Waals surface area contributed by atoms with Crippen LogP contribution < -0.4 is 0 Å². The van der Waals surface area contributed by atoms with Gasteiger partial charge in [-0.25, -0.2) is 0 Å². The minimum absolute atomic E-state index is 0.0781. The smallest absolute Gasteiger partial charge is 0.331 e. The molecule has 1 aliphatic heterocycles. The first-order chi connectivity index (χ1) is 14.7. The van der Waals surface area contributed by atoms with Gasteiger partial charge in [0.1, 0.15) is 0 Å². The number of hydrogen-bond acceptors (Lipinski definition) is 3. The third kappa shape index (κ3) is 4.78. The van der Waals surface area contributed by atoms with Crippen LogP contribution in [-0.2, 0) is 28.9 Å². The monoisotopic (exact) mass is 430 g/mol. The van der Waals surface area contributed by atoms with Crippen molar-refractivity contribution in [3.05, 3.63) is 70.8 Å². The van der Waals surface area contributed by atoms with Gasteiger partial charge in [-0.05, 0) is 48.2 Å². The summed E-state index contributed by atoms with van der Waals surface area (Å²) in [5.74, 6) is -0.578. The van der Waals surface area contributed by atoms with Crippen molar-refractivity contribution in [2.75, 3.05) is 0 Å². The topological polar surface area (TPSA) is 57.7 Å². The Bertz CT molecular complexity index is 980. The second-order valence-electron chi connectivity index (χ2n) is 7.93. The van der Waals surface area contributed by atoms with Crippen LogP contribution >= 0.6 is 0 Å². The van der Waals surface area contributed by atoms with Gasteiger partial charge in [-0.3, -0.25) is 19.3 Å². The fourth-order valence-corrected chi connectivity index (χ4v) is 3.65. The van der Waals surface area contributed by atoms with Gasteiger partial charge in [-0.1, -0.05) is 24.3 Å². The lowest BCUT2D eigenvalue weighted by molar-refractivity contribution is -0.139. The van der Waals surface area contributed by atoms with Crippen LogP contribution in [0.15, 0.2) is 48.5 Å². The maximum absolute atomic E-state index is 13.0. The lowest BCUT2D eigenvalue weighted by Gasteiger charge is -2.23. The molecule has 2 aromatic rings. The molecule has 0 unspecified atom stereocenters. The van der Waals surface area contributed by atoms with E-state index in [4.69, 9.17) is 0 Å². The Morgan fingerprint density at radius 1 is 0.903 bits per heavy atom. The summed E-state index contributed by atoms with van der Waals surface area (Å²) in [6, 6.07) is 11.7. The van der Waals surface area contributed by atoms with Crippen molar-refractivity contribution in [2.24, 2.45) is 0 Å². The Hall–Kier alpha value is -3.16. The molecule has 0 radical (unpaired) electrons. The largest absolute Gasteiger partial charge is 0.416 e. The highest BCUT2D eigenvalue weighted by molar-refractivity contribution is 6.01. The Balaban J connectivity index is 1.45. The number of likely N-dealkylation sites (tertiary alicyclic amines) is 1. The average Bonchev–Trinajstić information content (AvgIpc) is 3.54. The van der Waals surface area contributed by atoms with E-state index >= 15 is 0 Å². The molecule has 0 bridgehead atoms. The van der Waals surface area contributed by atoms with E-state index in [1.165, 1.54) is 17.0 Å². The van der Waals surface area contributed by atoms with Gasteiger partial charge in [0.2, 0.25) is 11.8 Å². The van der Waals surface area contributed by atoms with E-state index in [2.05, 4.69) is 0 Å². The number of hydrogen-bond donors (Lipinski definition) is 0. The normalized spacial score (nSPS) is 16.7. The van der Waals surface area contributed by atoms with Crippen LogP contribution in [-0.4, -0.2) is 33.6 Å². The van der Waals surface area contributed by atoms with E-state index in [1.807, 2.05) is 0 Å². The van der Waals surface area contributed by atoms with Crippen molar-refractivity contribution < 1.29 is 27.6 Å². The van der Waals surface area contributed by atoms with E-state index < -0.39 is 11.7 Å². The van der Waals surface area contributed by atoms with Crippen molar-refractivity contribution in [2.45, 2.75) is 51.0 Å². The first-order valence-electron chi connectivity index (χ1n) is 10.1. The first-order valence-corrected chi connectivity index (χ1v) is 10.1. The summed E-state index contributed by atoms with van der Waals surface area (Å²) < 4.78 is 38.3. The molecule has 1 heterocycles. The molecule has 1 aliphatic carbocycles. The number of carbonyl (C=O) groups is 3. The van der Waals surface area contributed by atoms with Gasteiger partial charge >= 0.3 is 6.18 Å². The molecule has 3 amide bonds. The fraction of sp³-hybridized carbons (Fsp3) is 0.348. The van der Waals surface area contributed by atoms with Crippen molar-refractivity contribution in [3.8, 4) is 0 Å². The third-order valence-electron chi connectivity index (χ3n) is 5.58. The van der Waals surface area contributed by atoms with Gasteiger partial charge in [-0.15, -0.1) is 0 Å². The number of carbonyl (C=O) groups excluding carboxylic acids is 3. The van der Waals surface area contributed by atoms with Crippen LogP contribution in [0, 0.1) is 0 Å². The fourth-order valence-electron chi connectivity index (χ4n) is 3.65. The minimum Gasteiger partial charge on any atom is -0.331 e. The molecule has 2 fully saturated rings. The van der Waals surface area contributed by atoms with E-state index in [0.29, 0.717) is 11.1 Å². The standard InChI is InChI=1S/C23H21F3N2O3/c24-23(25,26)18-7-3-16(4-8-18)13-27(19-9-10-19)22(31)17-5-1-15(2-6-17)14-28-20(29)11-12-21(28)30/h1-8,19H,9-14H2. The molecule has 0 aromatic heterocycles. The first kappa shape index (κ1) is 21.1. The van der Waals surface area contributed by atoms with Gasteiger partial charge in [0, 0.05) is 31.0 Å². The molecule has 162 valence electrons. The number of imide groups is 1. The van der Waals surface area contributed by atoms with Gasteiger partial charge in [-0.2, -0.15) is 13.2 Å². The maximum atomic E-state index is 13.0. The molecule has 31 heavy (non-hydrogen) atoms. The number of alkyl halides is 3. The lowest BCUT2D eigenvalue weighted by Crippen LogP contribution is -2.32. The second kappa shape index (κ2) is 8.17. The summed E-state index contributed by atoms with van der Waals surface area (Å²) in [6.07, 6.45) is -2.20. The van der Waals surface area contributed by atoms with Crippen LogP contribution in [0.5, 0.6) is 0 Å². The predicted octanol–water partition coefficient (Wildman–Crippen LogP) is 4.16. The zero-order chi connectivity index (χ0) is 22.2. The quantitative estimate of drug-likeness (QED) is 0.647. The molecule has 1 saturated carbocycles. The Morgan fingerprint density at radius 2 is 1.45 bits per heavy atom. The SMILES string of the molecule is O=C1CCC(=O)N1Cc1ccc(C(=O)N(Cc2ccc(C(F)(F)F)cc2)C2CC2)cc1. The molecule has 5 nitrogen and oxygen atoms in total. The average molecular weight is 430 g/mol. The molecule has 1 saturated heterocycles. The van der Waals surface area contributed by atoms with Gasteiger partial charge in [0.05, 0.1) is 12.1 Å². The molecule has 0 N–H and O–H groups in total. The Kier molecular flexibility index (Phi) is 5.56. The molecule has 4 rings (SSSR count). The van der Waals surface area contributed by atoms with E-state index in [1.54, 1.807) is 29.2 Å². The molecular formula is C23H21F3N2O3. The van der Waals surface area contributed by atoms with Gasteiger partial charge in [0.15, 0.2) is 0 Å². The highest BCUT2D eigenvalue weighted by atomic mass is 19.4. The lowest BCUT2D eigenvalue weighted by atomic mass is 10.1. The highest BCUT2D eigenvalue weighted by Gasteiger charge is 2.34. The number of rotatable bonds is 6. The van der Waals surface area contributed by atoms with E-state index in [9.17, 15) is 27.6 Å². The Morgan fingerprint density at radius 3 is 1.97 bits per heavy atom. The van der Waals surface area contributed by atoms with Gasteiger partial charge in [0.25, 0.3) is 5.91 Å². The summed E-state index contributed by atoms with van der Waals surface area (Å²) in [6.45, 7) is 0.421. The summed E-state index contributed by atoms with van der Waals surface area (Å²) >= 11 is 0. The van der Waals surface area contributed by atoms with Crippen molar-refractivity contribution in [1.82, 2.24) is 9.80 Å². The zero-order valence-electron chi connectivity index (χ0n) is 16.7. The molecular weight excluding hydrogens is 409 g/mol. The maximum Gasteiger partial charge on any atom is 0.416 e. The number of nitrogens with zero attached hydrogens (tertiary/aromatic N) is 2. The Labute approximate surface area is 177 Å². The van der Waals surface area contributed by atoms with E-state index in [0.717, 1.165) is 30.5 Å². The highest BCUT2D eigenvalue weighted by Crippen LogP contribution is 2.32. The third-order valence-corrected chi connectivity index (χ3v) is 5.58. The summed E-state index contributed by atoms with van der Waals surface area (Å²) in [5.41, 5.74) is 1.13. The van der Waals surface area contributed by atoms with Crippen molar-refractivity contribution >= 4 is 17.7 Å². The van der Waals surface area contributed by atoms with Crippen molar-refractivity contribution in [1.29, 1.82) is 0 Å². The molecule has 2 aromatic carbocycles. The van der Waals surface area contributed by atoms with Crippen LogP contribution in [0.25, 0.3) is 0 Å². The van der Waals surface area contributed by atoms with Crippen LogP contribution in [0.3, 0.4) is 0 Å². The van der Waals surface area contributed by atoms with Crippen LogP contribution in [0.4, 0.5) is 13.2 Å². The predicted molar refractivity (Wildman–Crippen MR) is 106 cm³/mol. The van der Waals surface area contributed by atoms with Gasteiger partial charge < -0.3 is 4.90 Å². The van der Waals surface area contributed by atoms with Crippen molar-refractivity contribution in [3.63, 3.8) is 0 Å². The molecule has 2 aliphatic rings. The molecule has 0 atom stereocenters. The summed E-state index contributed by atoms with van der Waals surface area (Å²) in [7, 11) is 0. The molecule has 0 spiro atoms. The van der Waals surface area contributed by atoms with Crippen LogP contribution in [0.1, 0.15) is 52.7 Å². The summed E-state index contributed by atoms with van der Waals surface area (Å²) in [5, 5.41) is 0. The van der Waals surface area contributed by atoms with E-state index in [-0.39, 0.29) is 49.7 Å². The van der Waals surface area contributed by atoms with Crippen LogP contribution in [0.2, 0.25) is 0 Å². The summed E-state index contributed by atoms with van der Waals surface area (Å²) in [4.78, 5) is 39.5. The number of amides is 3.